The number of benzene rings is 2. The molecule has 2 atom stereocenters. The molecule has 7 nitrogen and oxygen atoms in total. The molecule has 0 aliphatic carbocycles. The monoisotopic (exact) mass is 371 g/mol. The van der Waals surface area contributed by atoms with Gasteiger partial charge in [-0.2, -0.15) is 4.91 Å². The summed E-state index contributed by atoms with van der Waals surface area (Å²) in [7, 11) is 0. The highest BCUT2D eigenvalue weighted by molar-refractivity contribution is 8.15. The molecule has 0 spiro atoms. The van der Waals surface area contributed by atoms with E-state index in [1.807, 2.05) is 42.5 Å². The largest absolute Gasteiger partial charge is 0.491 e. The molecule has 1 saturated heterocycles. The second-order valence-corrected chi connectivity index (χ2v) is 6.93. The first kappa shape index (κ1) is 18.1. The van der Waals surface area contributed by atoms with E-state index < -0.39 is 16.5 Å². The molecular formula is C18H17N3O4S. The molecule has 0 saturated carbocycles. The number of hydrogen-bond donors (Lipinski definition) is 1. The highest BCUT2D eigenvalue weighted by atomic mass is 32.2. The van der Waals surface area contributed by atoms with Crippen LogP contribution in [0.2, 0.25) is 0 Å². The van der Waals surface area contributed by atoms with E-state index in [4.69, 9.17) is 10.6 Å². The number of amides is 2. The van der Waals surface area contributed by atoms with Gasteiger partial charge in [0.05, 0.1) is 5.25 Å². The van der Waals surface area contributed by atoms with Gasteiger partial charge in [-0.1, -0.05) is 47.6 Å². The predicted octanol–water partition coefficient (Wildman–Crippen LogP) is 3.05. The lowest BCUT2D eigenvalue weighted by Gasteiger charge is -2.12. The Morgan fingerprint density at radius 2 is 1.81 bits per heavy atom. The van der Waals surface area contributed by atoms with Crippen LogP contribution in [0, 0.1) is 4.91 Å². The third-order valence-corrected chi connectivity index (χ3v) is 5.07. The lowest BCUT2D eigenvalue weighted by atomic mass is 10.1. The van der Waals surface area contributed by atoms with Crippen LogP contribution in [0.3, 0.4) is 0 Å². The van der Waals surface area contributed by atoms with Crippen LogP contribution in [-0.2, 0) is 11.2 Å². The molecule has 2 amide bonds. The fraction of sp³-hybridized carbons (Fsp3) is 0.222. The Hall–Kier alpha value is -2.71. The Morgan fingerprint density at radius 3 is 2.38 bits per heavy atom. The van der Waals surface area contributed by atoms with E-state index in [1.54, 1.807) is 12.1 Å². The van der Waals surface area contributed by atoms with Crippen molar-refractivity contribution in [2.24, 2.45) is 11.0 Å². The van der Waals surface area contributed by atoms with Crippen molar-refractivity contribution in [3.05, 3.63) is 70.6 Å². The summed E-state index contributed by atoms with van der Waals surface area (Å²) < 4.78 is 5.65. The van der Waals surface area contributed by atoms with Crippen LogP contribution in [0.5, 0.6) is 5.75 Å². The number of nitrogens with zero attached hydrogens (tertiary/aromatic N) is 2. The minimum atomic E-state index is -0.579. The van der Waals surface area contributed by atoms with Gasteiger partial charge in [0.2, 0.25) is 0 Å². The second-order valence-electron chi connectivity index (χ2n) is 5.77. The Balaban J connectivity index is 1.57. The summed E-state index contributed by atoms with van der Waals surface area (Å²) in [4.78, 5) is 34.3. The fourth-order valence-electron chi connectivity index (χ4n) is 2.58. The zero-order chi connectivity index (χ0) is 18.5. The summed E-state index contributed by atoms with van der Waals surface area (Å²) in [5.41, 5.74) is 1.69. The number of thioether (sulfide) groups is 1. The number of carbonyl (C=O) groups excluding carboxylic acids is 2. The average molecular weight is 371 g/mol. The van der Waals surface area contributed by atoms with Crippen molar-refractivity contribution in [3.63, 3.8) is 0 Å². The molecule has 134 valence electrons. The van der Waals surface area contributed by atoms with Crippen LogP contribution in [0.1, 0.15) is 17.2 Å². The van der Waals surface area contributed by atoms with Crippen molar-refractivity contribution in [1.82, 2.24) is 5.01 Å². The quantitative estimate of drug-likeness (QED) is 0.456. The molecule has 8 heteroatoms. The molecule has 26 heavy (non-hydrogen) atoms. The van der Waals surface area contributed by atoms with Crippen molar-refractivity contribution in [2.45, 2.75) is 17.7 Å². The molecule has 1 unspecified atom stereocenters. The van der Waals surface area contributed by atoms with Gasteiger partial charge in [0, 0.05) is 0 Å². The van der Waals surface area contributed by atoms with Gasteiger partial charge >= 0.3 is 5.24 Å². The van der Waals surface area contributed by atoms with Crippen LogP contribution in [0.15, 0.2) is 59.8 Å². The van der Waals surface area contributed by atoms with Crippen LogP contribution < -0.4 is 10.6 Å². The highest BCUT2D eigenvalue weighted by Crippen LogP contribution is 2.28. The van der Waals surface area contributed by atoms with Crippen molar-refractivity contribution >= 4 is 22.9 Å². The number of nitrogens with two attached hydrogens (primary N) is 1. The van der Waals surface area contributed by atoms with Gasteiger partial charge in [-0.3, -0.25) is 9.59 Å². The minimum Gasteiger partial charge on any atom is -0.491 e. The number of imide groups is 1. The smallest absolute Gasteiger partial charge is 0.303 e. The molecular weight excluding hydrogens is 354 g/mol. The van der Waals surface area contributed by atoms with Gasteiger partial charge in [-0.25, -0.2) is 10.9 Å². The molecule has 1 heterocycles. The third-order valence-electron chi connectivity index (χ3n) is 4.02. The number of ether oxygens (including phenoxy) is 1. The van der Waals surface area contributed by atoms with Crippen molar-refractivity contribution in [3.8, 4) is 5.75 Å². The maximum absolute atomic E-state index is 11.8. The standard InChI is InChI=1S/C18H17N3O4S/c19-21-17(22)16(26-18(21)23)10-12-6-8-14(9-7-12)25-11-15(20-24)13-4-2-1-3-5-13/h1-9,15-16H,10-11,19H2/t15-,16?/m1/s1. The number of carbonyl (C=O) groups is 2. The normalized spacial score (nSPS) is 18.0. The molecule has 2 aromatic rings. The van der Waals surface area contributed by atoms with E-state index in [9.17, 15) is 14.5 Å². The number of hydrogen-bond acceptors (Lipinski definition) is 7. The Bertz CT molecular complexity index is 798. The Kier molecular flexibility index (Phi) is 5.65. The van der Waals surface area contributed by atoms with E-state index in [1.165, 1.54) is 0 Å². The highest BCUT2D eigenvalue weighted by Gasteiger charge is 2.37. The fourth-order valence-corrected chi connectivity index (χ4v) is 3.51. The third kappa shape index (κ3) is 4.09. The summed E-state index contributed by atoms with van der Waals surface area (Å²) in [6.07, 6.45) is 0.408. The van der Waals surface area contributed by atoms with Gasteiger partial charge in [0.25, 0.3) is 5.91 Å². The molecule has 1 fully saturated rings. The Morgan fingerprint density at radius 1 is 1.12 bits per heavy atom. The molecule has 0 aromatic heterocycles. The number of hydrazine groups is 1. The van der Waals surface area contributed by atoms with Crippen LogP contribution >= 0.6 is 11.8 Å². The molecule has 2 aromatic carbocycles. The first-order valence-electron chi connectivity index (χ1n) is 7.97. The predicted molar refractivity (Wildman–Crippen MR) is 98.4 cm³/mol. The maximum atomic E-state index is 11.8. The van der Waals surface area contributed by atoms with Gasteiger partial charge in [0.1, 0.15) is 12.4 Å². The van der Waals surface area contributed by atoms with Gasteiger partial charge in [-0.05, 0) is 41.4 Å². The molecule has 3 rings (SSSR count). The van der Waals surface area contributed by atoms with Gasteiger partial charge < -0.3 is 4.74 Å². The molecule has 2 N–H and O–H groups in total. The Labute approximate surface area is 154 Å². The molecule has 1 aliphatic heterocycles. The summed E-state index contributed by atoms with van der Waals surface area (Å²) >= 11 is 0.930. The zero-order valence-corrected chi connectivity index (χ0v) is 14.6. The van der Waals surface area contributed by atoms with Gasteiger partial charge in [-0.15, -0.1) is 0 Å². The average Bonchev–Trinajstić information content (AvgIpc) is 2.91. The SMILES string of the molecule is NN1C(=O)SC(Cc2ccc(OC[C@@H](N=O)c3ccccc3)cc2)C1=O. The minimum absolute atomic E-state index is 0.139. The molecule has 1 aliphatic rings. The first-order valence-corrected chi connectivity index (χ1v) is 8.85. The zero-order valence-electron chi connectivity index (χ0n) is 13.8. The van der Waals surface area contributed by atoms with Crippen molar-refractivity contribution in [2.75, 3.05) is 6.61 Å². The van der Waals surface area contributed by atoms with Crippen LogP contribution in [0.25, 0.3) is 0 Å². The molecule has 0 radical (unpaired) electrons. The lowest BCUT2D eigenvalue weighted by molar-refractivity contribution is -0.126. The maximum Gasteiger partial charge on any atom is 0.303 e. The summed E-state index contributed by atoms with van der Waals surface area (Å²) in [5.74, 6) is 5.59. The number of rotatable bonds is 7. The van der Waals surface area contributed by atoms with E-state index in [0.29, 0.717) is 17.2 Å². The number of nitroso groups, excluding NO2 is 1. The van der Waals surface area contributed by atoms with E-state index in [0.717, 1.165) is 22.9 Å². The van der Waals surface area contributed by atoms with Crippen LogP contribution in [0.4, 0.5) is 4.79 Å². The van der Waals surface area contributed by atoms with Crippen LogP contribution in [-0.4, -0.2) is 28.0 Å². The molecule has 0 bridgehead atoms. The van der Waals surface area contributed by atoms with Crippen molar-refractivity contribution < 1.29 is 14.3 Å². The van der Waals surface area contributed by atoms with E-state index >= 15 is 0 Å². The lowest BCUT2D eigenvalue weighted by Crippen LogP contribution is -2.37. The summed E-state index contributed by atoms with van der Waals surface area (Å²) in [6, 6.07) is 15.8. The van der Waals surface area contributed by atoms with Crippen molar-refractivity contribution in [1.29, 1.82) is 0 Å². The second kappa shape index (κ2) is 8.11. The first-order chi connectivity index (χ1) is 12.6. The topological polar surface area (TPSA) is 102 Å². The summed E-state index contributed by atoms with van der Waals surface area (Å²) in [6.45, 7) is 0.139. The van der Waals surface area contributed by atoms with E-state index in [2.05, 4.69) is 5.18 Å². The summed E-state index contributed by atoms with van der Waals surface area (Å²) in [5, 5.41) is 2.84. The van der Waals surface area contributed by atoms with Gasteiger partial charge in [0.15, 0.2) is 6.04 Å². The van der Waals surface area contributed by atoms with E-state index in [-0.39, 0.29) is 12.5 Å².